The van der Waals surface area contributed by atoms with Crippen molar-refractivity contribution >= 4 is 10.3 Å². The summed E-state index contributed by atoms with van der Waals surface area (Å²) in [4.78, 5) is 3.97. The largest absolute Gasteiger partial charge is 0.491 e. The molecule has 1 N–H and O–H groups in total. The van der Waals surface area contributed by atoms with Gasteiger partial charge in [0, 0.05) is 25.1 Å². The number of aromatic nitrogens is 2. The highest BCUT2D eigenvalue weighted by Gasteiger charge is 2.06. The summed E-state index contributed by atoms with van der Waals surface area (Å²) in [7, 11) is -2.37. The summed E-state index contributed by atoms with van der Waals surface area (Å²) in [6.45, 7) is 0.0950. The number of imidazole rings is 1. The number of hydrogen-bond acceptors (Lipinski definition) is 5. The average Bonchev–Trinajstić information content (AvgIpc) is 2.98. The van der Waals surface area contributed by atoms with Gasteiger partial charge >= 0.3 is 10.3 Å². The van der Waals surface area contributed by atoms with Gasteiger partial charge in [-0.15, -0.1) is 0 Å². The molecule has 0 aliphatic carbocycles. The van der Waals surface area contributed by atoms with Crippen molar-refractivity contribution in [1.82, 2.24) is 14.3 Å². The molecule has 108 valence electrons. The van der Waals surface area contributed by atoms with Crippen LogP contribution in [0.25, 0.3) is 5.69 Å². The molecule has 2 rings (SSSR count). The lowest BCUT2D eigenvalue weighted by Crippen LogP contribution is -2.23. The van der Waals surface area contributed by atoms with Crippen LogP contribution in [0.3, 0.4) is 0 Å². The van der Waals surface area contributed by atoms with Gasteiger partial charge < -0.3 is 9.30 Å². The van der Waals surface area contributed by atoms with Crippen molar-refractivity contribution in [3.05, 3.63) is 43.0 Å². The monoisotopic (exact) mass is 297 g/mol. The molecule has 1 heterocycles. The fraction of sp³-hybridized carbons (Fsp3) is 0.250. The van der Waals surface area contributed by atoms with Crippen molar-refractivity contribution in [2.24, 2.45) is 0 Å². The van der Waals surface area contributed by atoms with E-state index in [1.165, 1.54) is 7.05 Å². The van der Waals surface area contributed by atoms with E-state index in [1.807, 2.05) is 27.6 Å². The Bertz CT molecular complexity index is 623. The smallest absolute Gasteiger partial charge is 0.335 e. The summed E-state index contributed by atoms with van der Waals surface area (Å²) in [5.74, 6) is 0.638. The van der Waals surface area contributed by atoms with Crippen LogP contribution in [0.15, 0.2) is 43.0 Å². The Morgan fingerprint density at radius 2 is 2.00 bits per heavy atom. The molecule has 0 bridgehead atoms. The number of ether oxygens (including phenoxy) is 1. The first-order chi connectivity index (χ1) is 9.61. The van der Waals surface area contributed by atoms with Crippen LogP contribution in [-0.4, -0.2) is 38.2 Å². The van der Waals surface area contributed by atoms with E-state index >= 15 is 0 Å². The maximum absolute atomic E-state index is 11.0. The third-order valence-electron chi connectivity index (χ3n) is 2.48. The molecule has 8 heteroatoms. The van der Waals surface area contributed by atoms with Crippen LogP contribution in [0.2, 0.25) is 0 Å². The molecule has 0 spiro atoms. The zero-order chi connectivity index (χ0) is 14.4. The molecule has 0 unspecified atom stereocenters. The number of rotatable bonds is 7. The zero-order valence-electron chi connectivity index (χ0n) is 10.9. The fourth-order valence-corrected chi connectivity index (χ4v) is 1.89. The molecule has 0 aliphatic heterocycles. The molecular formula is C12H15N3O4S. The number of nitrogens with one attached hydrogen (secondary N) is 1. The maximum atomic E-state index is 11.0. The van der Waals surface area contributed by atoms with Crippen LogP contribution in [-0.2, 0) is 14.5 Å². The summed E-state index contributed by atoms with van der Waals surface area (Å²) in [5.41, 5.74) is 0.962. The summed E-state index contributed by atoms with van der Waals surface area (Å²) in [6.07, 6.45) is 5.24. The van der Waals surface area contributed by atoms with E-state index in [0.29, 0.717) is 5.75 Å². The molecule has 1 aromatic heterocycles. The summed E-state index contributed by atoms with van der Waals surface area (Å²) >= 11 is 0. The molecule has 2 aromatic rings. The first-order valence-electron chi connectivity index (χ1n) is 5.90. The topological polar surface area (TPSA) is 82.5 Å². The normalized spacial score (nSPS) is 11.4. The van der Waals surface area contributed by atoms with Gasteiger partial charge in [-0.1, -0.05) is 0 Å². The minimum absolute atomic E-state index is 0.0492. The molecule has 0 atom stereocenters. The molecule has 0 saturated heterocycles. The van der Waals surface area contributed by atoms with Crippen LogP contribution >= 0.6 is 0 Å². The van der Waals surface area contributed by atoms with Crippen LogP contribution < -0.4 is 9.46 Å². The maximum Gasteiger partial charge on any atom is 0.335 e. The van der Waals surface area contributed by atoms with Gasteiger partial charge in [-0.25, -0.2) is 4.98 Å². The van der Waals surface area contributed by atoms with Gasteiger partial charge in [0.1, 0.15) is 19.0 Å². The number of benzene rings is 1. The summed E-state index contributed by atoms with van der Waals surface area (Å²) in [6, 6.07) is 7.34. The third-order valence-corrected chi connectivity index (χ3v) is 3.46. The van der Waals surface area contributed by atoms with Crippen molar-refractivity contribution in [3.63, 3.8) is 0 Å². The standard InChI is InChI=1S/C12H15N3O4S/c1-13-20(16,17)19-9-8-18-12-4-2-11(3-5-12)15-7-6-14-10-15/h2-7,10,13H,8-9H2,1H3. The second-order valence-electron chi connectivity index (χ2n) is 3.79. The van der Waals surface area contributed by atoms with Crippen molar-refractivity contribution in [2.45, 2.75) is 0 Å². The second-order valence-corrected chi connectivity index (χ2v) is 5.34. The van der Waals surface area contributed by atoms with E-state index in [4.69, 9.17) is 4.74 Å². The molecule has 1 aromatic carbocycles. The van der Waals surface area contributed by atoms with E-state index in [2.05, 4.69) is 9.17 Å². The SMILES string of the molecule is CNS(=O)(=O)OCCOc1ccc(-n2ccnc2)cc1. The Morgan fingerprint density at radius 3 is 2.60 bits per heavy atom. The second kappa shape index (κ2) is 6.51. The molecule has 0 radical (unpaired) electrons. The van der Waals surface area contributed by atoms with Crippen molar-refractivity contribution in [3.8, 4) is 11.4 Å². The van der Waals surface area contributed by atoms with E-state index < -0.39 is 10.3 Å². The Balaban J connectivity index is 1.83. The molecule has 0 fully saturated rings. The first-order valence-corrected chi connectivity index (χ1v) is 7.30. The van der Waals surface area contributed by atoms with E-state index in [-0.39, 0.29) is 13.2 Å². The predicted molar refractivity (Wildman–Crippen MR) is 73.0 cm³/mol. The average molecular weight is 297 g/mol. The minimum atomic E-state index is -3.65. The highest BCUT2D eigenvalue weighted by atomic mass is 32.2. The number of hydrogen-bond donors (Lipinski definition) is 1. The lowest BCUT2D eigenvalue weighted by molar-refractivity contribution is 0.219. The first kappa shape index (κ1) is 14.5. The molecular weight excluding hydrogens is 282 g/mol. The minimum Gasteiger partial charge on any atom is -0.491 e. The summed E-state index contributed by atoms with van der Waals surface area (Å²) < 4.78 is 35.9. The summed E-state index contributed by atoms with van der Waals surface area (Å²) in [5, 5.41) is 0. The van der Waals surface area contributed by atoms with Gasteiger partial charge in [0.25, 0.3) is 0 Å². The molecule has 0 amide bonds. The lowest BCUT2D eigenvalue weighted by Gasteiger charge is -2.08. The van der Waals surface area contributed by atoms with Crippen molar-refractivity contribution in [1.29, 1.82) is 0 Å². The Hall–Kier alpha value is -1.90. The van der Waals surface area contributed by atoms with Gasteiger partial charge in [0.2, 0.25) is 0 Å². The Kier molecular flexibility index (Phi) is 4.72. The molecule has 7 nitrogen and oxygen atoms in total. The van der Waals surface area contributed by atoms with E-state index in [1.54, 1.807) is 24.7 Å². The van der Waals surface area contributed by atoms with Gasteiger partial charge in [-0.2, -0.15) is 13.1 Å². The van der Waals surface area contributed by atoms with E-state index in [0.717, 1.165) is 5.69 Å². The van der Waals surface area contributed by atoms with Gasteiger partial charge in [-0.3, -0.25) is 4.18 Å². The molecule has 0 aliphatic rings. The number of nitrogens with zero attached hydrogens (tertiary/aromatic N) is 2. The van der Waals surface area contributed by atoms with Crippen LogP contribution in [0, 0.1) is 0 Å². The van der Waals surface area contributed by atoms with Crippen LogP contribution in [0.5, 0.6) is 5.75 Å². The lowest BCUT2D eigenvalue weighted by atomic mass is 10.3. The third kappa shape index (κ3) is 4.05. The van der Waals surface area contributed by atoms with Gasteiger partial charge in [-0.05, 0) is 24.3 Å². The van der Waals surface area contributed by atoms with Crippen LogP contribution in [0.4, 0.5) is 0 Å². The van der Waals surface area contributed by atoms with E-state index in [9.17, 15) is 8.42 Å². The Morgan fingerprint density at radius 1 is 1.25 bits per heavy atom. The Labute approximate surface area is 117 Å². The van der Waals surface area contributed by atoms with Crippen molar-refractivity contribution < 1.29 is 17.3 Å². The van der Waals surface area contributed by atoms with Gasteiger partial charge in [0.15, 0.2) is 0 Å². The predicted octanol–water partition coefficient (Wildman–Crippen LogP) is 0.732. The zero-order valence-corrected chi connectivity index (χ0v) is 11.7. The highest BCUT2D eigenvalue weighted by molar-refractivity contribution is 7.84. The molecule has 20 heavy (non-hydrogen) atoms. The van der Waals surface area contributed by atoms with Gasteiger partial charge in [0.05, 0.1) is 6.33 Å². The molecule has 0 saturated carbocycles. The quantitative estimate of drug-likeness (QED) is 0.762. The van der Waals surface area contributed by atoms with Crippen LogP contribution in [0.1, 0.15) is 0 Å². The highest BCUT2D eigenvalue weighted by Crippen LogP contribution is 2.14. The van der Waals surface area contributed by atoms with Crippen molar-refractivity contribution in [2.75, 3.05) is 20.3 Å². The fourth-order valence-electron chi connectivity index (χ4n) is 1.49.